The van der Waals surface area contributed by atoms with Gasteiger partial charge < -0.3 is 70.2 Å². The number of Topliss-reactive ketones (excluding diaryl/α,β-unsaturated/α-hetero) is 2. The molecule has 29 nitrogen and oxygen atoms in total. The van der Waals surface area contributed by atoms with E-state index in [4.69, 9.17) is 68.5 Å². The van der Waals surface area contributed by atoms with Gasteiger partial charge in [-0.15, -0.1) is 22.7 Å². The van der Waals surface area contributed by atoms with Crippen LogP contribution in [0.2, 0.25) is 11.6 Å². The molecule has 3 saturated carbocycles. The van der Waals surface area contributed by atoms with Crippen molar-refractivity contribution in [1.29, 1.82) is 0 Å². The highest BCUT2D eigenvalue weighted by atomic mass is 35.6. The van der Waals surface area contributed by atoms with Gasteiger partial charge in [0.15, 0.2) is 11.6 Å². The number of alkyl carbamates (subject to hydrolysis) is 1. The summed E-state index contributed by atoms with van der Waals surface area (Å²) in [6.07, 6.45) is 3.17. The maximum absolute atomic E-state index is 14.8. The molecule has 4 aromatic rings. The summed E-state index contributed by atoms with van der Waals surface area (Å²) in [4.78, 5) is 155. The van der Waals surface area contributed by atoms with Crippen molar-refractivity contribution in [3.8, 4) is 11.5 Å². The summed E-state index contributed by atoms with van der Waals surface area (Å²) >= 11 is 17.0. The van der Waals surface area contributed by atoms with Crippen LogP contribution in [0.5, 0.6) is 11.5 Å². The van der Waals surface area contributed by atoms with E-state index < -0.39 is 119 Å². The van der Waals surface area contributed by atoms with Gasteiger partial charge in [-0.2, -0.15) is 34.4 Å². The number of carboxylic acid groups (broad SMARTS) is 2. The van der Waals surface area contributed by atoms with Gasteiger partial charge in [0, 0.05) is 93.9 Å². The van der Waals surface area contributed by atoms with Crippen LogP contribution in [0.4, 0.5) is 14.4 Å². The van der Waals surface area contributed by atoms with Gasteiger partial charge in [-0.3, -0.25) is 38.6 Å². The number of fused-ring (bicyclic) bond motifs is 1. The Morgan fingerprint density at radius 1 is 0.786 bits per heavy atom. The Morgan fingerprint density at radius 3 is 1.85 bits per heavy atom. The van der Waals surface area contributed by atoms with Crippen LogP contribution in [-0.2, 0) is 68.5 Å². The number of hydrogen-bond donors (Lipinski definition) is 7. The number of benzene rings is 2. The first-order chi connectivity index (χ1) is 48.6. The van der Waals surface area contributed by atoms with Gasteiger partial charge in [-0.25, -0.2) is 33.9 Å². The Morgan fingerprint density at radius 2 is 1.33 bits per heavy atom. The van der Waals surface area contributed by atoms with Crippen LogP contribution in [0.1, 0.15) is 159 Å². The van der Waals surface area contributed by atoms with Gasteiger partial charge in [-0.1, -0.05) is 38.1 Å². The molecule has 2 unspecified atom stereocenters. The molecule has 6 heterocycles. The SMILES string of the molecule is CCN1CCN(C(=O)NC(C(=O)C[C@@H](Cc2cccc(C(=O)O)c2OC)B2O[C@@H]3C[C@@H]4C[C@@H](C4(C)C)[C@]3(C)O2)c2csc(CCCNC(=O)OC(C)(C)C)n2)C(=O)C1=O.CCN1CCN(C(=O)NC(C(=O)C[C@H]2Cc3cccc(C(=O)O)c3OB2O)c2csc(CCCN)n2)C(=O)C1=O.ClB(Cl)Cl. The minimum atomic E-state index is -1.47. The number of carbonyl (C=O) groups excluding carboxylic acids is 9. The quantitative estimate of drug-likeness (QED) is 0.0193. The van der Waals surface area contributed by atoms with Crippen LogP contribution in [0.25, 0.3) is 0 Å². The fourth-order valence-electron chi connectivity index (χ4n) is 13.9. The molecule has 0 spiro atoms. The number of para-hydroxylation sites is 2. The predicted molar refractivity (Wildman–Crippen MR) is 384 cm³/mol. The number of ether oxygens (including phenoxy) is 2. The summed E-state index contributed by atoms with van der Waals surface area (Å²) in [6.45, 7) is 17.0. The van der Waals surface area contributed by atoms with E-state index in [1.165, 1.54) is 51.7 Å². The maximum atomic E-state index is 14.8. The number of nitrogens with two attached hydrogens (primary N) is 1. The molecule has 6 fully saturated rings. The Balaban J connectivity index is 0.000000265. The average molecular weight is 1530 g/mol. The van der Waals surface area contributed by atoms with Crippen molar-refractivity contribution >= 4 is 142 Å². The van der Waals surface area contributed by atoms with Crippen LogP contribution < -0.4 is 31.1 Å². The van der Waals surface area contributed by atoms with Crippen molar-refractivity contribution in [3.63, 3.8) is 0 Å². The van der Waals surface area contributed by atoms with Gasteiger partial charge in [-0.05, 0) is 127 Å². The average Bonchev–Trinajstić information content (AvgIpc) is 1.64. The number of urea groups is 2. The number of carbonyl (C=O) groups is 11. The monoisotopic (exact) mass is 1520 g/mol. The third-order valence-electron chi connectivity index (χ3n) is 19.4. The summed E-state index contributed by atoms with van der Waals surface area (Å²) in [6, 6.07) is 4.99. The molecule has 556 valence electrons. The van der Waals surface area contributed by atoms with Gasteiger partial charge in [0.25, 0.3) is 0 Å². The third kappa shape index (κ3) is 19.6. The van der Waals surface area contributed by atoms with Gasteiger partial charge in [0.1, 0.15) is 34.7 Å². The summed E-state index contributed by atoms with van der Waals surface area (Å²) < 4.78 is 30.0. The Bertz CT molecular complexity index is 3830. The van der Waals surface area contributed by atoms with Crippen molar-refractivity contribution < 1.29 is 91.4 Å². The molecule has 8 atom stereocenters. The third-order valence-corrected chi connectivity index (χ3v) is 21.2. The van der Waals surface area contributed by atoms with Crippen molar-refractivity contribution in [2.45, 2.75) is 161 Å². The van der Waals surface area contributed by atoms with E-state index in [0.29, 0.717) is 78.9 Å². The molecule has 2 bridgehead atoms. The zero-order valence-electron chi connectivity index (χ0n) is 58.7. The molecule has 8 N–H and O–H groups in total. The van der Waals surface area contributed by atoms with Crippen LogP contribution >= 0.6 is 57.1 Å². The van der Waals surface area contributed by atoms with Crippen molar-refractivity contribution in [2.75, 3.05) is 59.5 Å². The second-order valence-corrected chi connectivity index (χ2v) is 31.3. The number of rotatable bonds is 25. The molecule has 37 heteroatoms. The topological polar surface area (TPSA) is 395 Å². The number of nitrogens with one attached hydrogen (secondary N) is 3. The van der Waals surface area contributed by atoms with Crippen molar-refractivity contribution in [2.24, 2.45) is 23.0 Å². The van der Waals surface area contributed by atoms with Gasteiger partial charge in [0.05, 0.1) is 45.8 Å². The lowest BCUT2D eigenvalue weighted by molar-refractivity contribution is -0.199. The molecule has 2 aromatic carbocycles. The van der Waals surface area contributed by atoms with E-state index in [0.717, 1.165) is 22.6 Å². The van der Waals surface area contributed by atoms with E-state index in [1.807, 2.05) is 0 Å². The highest BCUT2D eigenvalue weighted by molar-refractivity contribution is 7.54. The highest BCUT2D eigenvalue weighted by Gasteiger charge is 2.68. The van der Waals surface area contributed by atoms with E-state index in [2.05, 4.69) is 41.7 Å². The number of likely N-dealkylation sites (N-methyl/N-ethyl adjacent to an activating group) is 2. The first-order valence-electron chi connectivity index (χ1n) is 33.9. The number of piperazine rings is 2. The summed E-state index contributed by atoms with van der Waals surface area (Å²) in [7, 11) is -0.932. The number of amides is 9. The van der Waals surface area contributed by atoms with Gasteiger partial charge in [0.2, 0.25) is 0 Å². The zero-order chi connectivity index (χ0) is 75.6. The van der Waals surface area contributed by atoms with Crippen molar-refractivity contribution in [3.05, 3.63) is 90.8 Å². The number of methoxy groups -OCH3 is 1. The lowest BCUT2D eigenvalue weighted by Crippen LogP contribution is -2.65. The highest BCUT2D eigenvalue weighted by Crippen LogP contribution is 2.66. The molecule has 9 amide bonds. The molecule has 3 aliphatic carbocycles. The van der Waals surface area contributed by atoms with Gasteiger partial charge >= 0.3 is 72.9 Å². The Labute approximate surface area is 620 Å². The lowest BCUT2D eigenvalue weighted by atomic mass is 9.43. The summed E-state index contributed by atoms with van der Waals surface area (Å²) in [5, 5.41) is 42.7. The smallest absolute Gasteiger partial charge is 0.526 e. The molecule has 11 rings (SSSR count). The largest absolute Gasteiger partial charge is 0.535 e. The van der Waals surface area contributed by atoms with E-state index in [1.54, 1.807) is 69.6 Å². The molecular weight excluding hydrogens is 1440 g/mol. The second-order valence-electron chi connectivity index (χ2n) is 27.5. The number of halogens is 3. The molecule has 7 aliphatic rings. The van der Waals surface area contributed by atoms with Crippen LogP contribution in [0.3, 0.4) is 0 Å². The molecule has 4 aliphatic heterocycles. The first-order valence-corrected chi connectivity index (χ1v) is 37.0. The standard InChI is InChI=1S/C41H56BN5O11S.C25H30BN5O8S.BCl3/c1-9-46-16-17-47(35(50)34(46)49)37(53)45-32(27-22-59-31(44-27)14-11-15-43-38(54)56-39(2,3)4)28(48)21-25(18-23-12-10-13-26(36(51)52)33(23)55-8)42-57-30-20-24-19-29(40(24,5)6)41(30,7)58-42;1-2-30-9-10-31(23(34)22(30)33)25(37)29-20(17-13-40-19(28-17)7-4-8-27)18(32)12-15-11-14-5-3-6-16(24(35)36)21(14)39-26(15)38;2-1(3)4/h10,12-13,22,24-25,29-30,32H,9,11,14-21H2,1-8H3,(H,43,54)(H,45,53)(H,51,52);3,5-6,13,15,20,38H,2,4,7-12,27H2,1H3,(H,29,37)(H,35,36);/t24-,25+,29-,30+,32?,41-;15-,20?;/m01./s1. The molecule has 0 radical (unpaired) electrons. The Kier molecular flexibility index (Phi) is 27.7. The summed E-state index contributed by atoms with van der Waals surface area (Å²) in [5.74, 6) is -7.41. The molecule has 103 heavy (non-hydrogen) atoms. The number of thiazole rings is 2. The van der Waals surface area contributed by atoms with E-state index in [-0.39, 0.29) is 103 Å². The molecular formula is C66H86B3Cl3N10O19S2. The first kappa shape index (κ1) is 81.2. The lowest BCUT2D eigenvalue weighted by Gasteiger charge is -2.64. The van der Waals surface area contributed by atoms with E-state index in [9.17, 15) is 68.0 Å². The number of carboxylic acids is 2. The number of imide groups is 2. The van der Waals surface area contributed by atoms with Crippen LogP contribution in [0, 0.1) is 17.3 Å². The number of hydrogen-bond acceptors (Lipinski definition) is 22. The number of aryl methyl sites for hydroxylation is 2. The second kappa shape index (κ2) is 35.1. The number of nitrogens with zero attached hydrogens (tertiary/aromatic N) is 6. The van der Waals surface area contributed by atoms with Crippen LogP contribution in [0.15, 0.2) is 47.2 Å². The minimum absolute atomic E-state index is 0.0259. The number of aromatic carboxylic acids is 2. The van der Waals surface area contributed by atoms with Crippen LogP contribution in [-0.4, -0.2) is 206 Å². The Hall–Kier alpha value is -7.43. The summed E-state index contributed by atoms with van der Waals surface area (Å²) in [5.41, 5.74) is 5.84. The molecule has 2 aromatic heterocycles. The number of aromatic nitrogens is 2. The fourth-order valence-corrected chi connectivity index (χ4v) is 15.6. The predicted octanol–water partition coefficient (Wildman–Crippen LogP) is 7.36. The fraction of sp³-hybridized carbons (Fsp3) is 0.561. The maximum Gasteiger partial charge on any atom is 0.526 e. The zero-order valence-corrected chi connectivity index (χ0v) is 62.6. The minimum Gasteiger partial charge on any atom is -0.535 e. The van der Waals surface area contributed by atoms with Crippen molar-refractivity contribution in [1.82, 2.24) is 45.5 Å². The molecule has 3 saturated heterocycles. The number of ketones is 2. The normalized spacial score (nSPS) is 21.2. The van der Waals surface area contributed by atoms with E-state index >= 15 is 0 Å².